The highest BCUT2D eigenvalue weighted by molar-refractivity contribution is 6.04. The van der Waals surface area contributed by atoms with Crippen LogP contribution >= 0.6 is 0 Å². The summed E-state index contributed by atoms with van der Waals surface area (Å²) in [5, 5.41) is 5.15. The quantitative estimate of drug-likeness (QED) is 0.563. The van der Waals surface area contributed by atoms with Gasteiger partial charge in [0.2, 0.25) is 5.91 Å². The summed E-state index contributed by atoms with van der Waals surface area (Å²) >= 11 is 0. The molecule has 2 fully saturated rings. The van der Waals surface area contributed by atoms with Crippen LogP contribution in [0.25, 0.3) is 0 Å². The molecular weight excluding hydrogens is 484 g/mol. The topological polar surface area (TPSA) is 110 Å². The van der Waals surface area contributed by atoms with E-state index in [0.29, 0.717) is 38.8 Å². The minimum atomic E-state index is -1.37. The van der Waals surface area contributed by atoms with Gasteiger partial charge in [0, 0.05) is 25.3 Å². The highest BCUT2D eigenvalue weighted by Gasteiger charge is 2.33. The number of nitrogens with one attached hydrogen (secondary N) is 2. The Bertz CT molecular complexity index is 1070. The van der Waals surface area contributed by atoms with E-state index in [1.165, 1.54) is 19.3 Å². The van der Waals surface area contributed by atoms with Crippen LogP contribution in [0.3, 0.4) is 0 Å². The van der Waals surface area contributed by atoms with E-state index in [1.54, 1.807) is 19.9 Å². The van der Waals surface area contributed by atoms with Crippen molar-refractivity contribution in [3.05, 3.63) is 33.2 Å². The first-order chi connectivity index (χ1) is 18.2. The monoisotopic (exact) mass is 528 g/mol. The molecule has 1 saturated carbocycles. The lowest BCUT2D eigenvalue weighted by atomic mass is 9.88. The maximum absolute atomic E-state index is 13.7. The average Bonchev–Trinajstić information content (AvgIpc) is 2.87. The Kier molecular flexibility index (Phi) is 9.76. The number of fused-ring (bicyclic) bond motifs is 1. The summed E-state index contributed by atoms with van der Waals surface area (Å²) in [6, 6.07) is 1.76. The highest BCUT2D eigenvalue weighted by Crippen LogP contribution is 2.27. The zero-order valence-electron chi connectivity index (χ0n) is 23.1. The van der Waals surface area contributed by atoms with Crippen molar-refractivity contribution in [2.24, 2.45) is 5.92 Å². The maximum Gasteiger partial charge on any atom is 0.263 e. The molecular formula is C29H44N4O5. The Labute approximate surface area is 225 Å². The predicted octanol–water partition coefficient (Wildman–Crippen LogP) is 2.57. The highest BCUT2D eigenvalue weighted by atomic mass is 16.5. The van der Waals surface area contributed by atoms with Gasteiger partial charge in [-0.2, -0.15) is 0 Å². The Morgan fingerprint density at radius 2 is 1.63 bits per heavy atom. The molecule has 3 aliphatic rings. The molecule has 2 aliphatic carbocycles. The van der Waals surface area contributed by atoms with E-state index < -0.39 is 23.3 Å². The van der Waals surface area contributed by atoms with E-state index in [-0.39, 0.29) is 17.7 Å². The number of pyridine rings is 1. The Hall–Kier alpha value is -2.52. The van der Waals surface area contributed by atoms with Gasteiger partial charge in [0.15, 0.2) is 0 Å². The molecule has 9 nitrogen and oxygen atoms in total. The molecule has 0 bridgehead atoms. The van der Waals surface area contributed by atoms with Crippen LogP contribution in [0.5, 0.6) is 0 Å². The van der Waals surface area contributed by atoms with Gasteiger partial charge in [0.05, 0.1) is 19.8 Å². The largest absolute Gasteiger partial charge is 0.379 e. The fourth-order valence-electron chi connectivity index (χ4n) is 5.91. The third-order valence-electron chi connectivity index (χ3n) is 8.23. The summed E-state index contributed by atoms with van der Waals surface area (Å²) in [7, 11) is 0. The van der Waals surface area contributed by atoms with Gasteiger partial charge >= 0.3 is 0 Å². The Morgan fingerprint density at radius 1 is 0.974 bits per heavy atom. The summed E-state index contributed by atoms with van der Waals surface area (Å²) < 4.78 is 7.17. The number of morpholine rings is 1. The number of carbonyl (C=O) groups excluding carboxylic acids is 3. The van der Waals surface area contributed by atoms with Crippen LogP contribution in [0.4, 0.5) is 0 Å². The lowest BCUT2D eigenvalue weighted by Crippen LogP contribution is -2.57. The van der Waals surface area contributed by atoms with Gasteiger partial charge in [0.25, 0.3) is 17.4 Å². The number of rotatable bonds is 7. The van der Waals surface area contributed by atoms with Gasteiger partial charge in [-0.1, -0.05) is 32.1 Å². The third-order valence-corrected chi connectivity index (χ3v) is 8.23. The summed E-state index contributed by atoms with van der Waals surface area (Å²) in [5.41, 5.74) is 0.603. The van der Waals surface area contributed by atoms with Crippen LogP contribution in [0.2, 0.25) is 0 Å². The van der Waals surface area contributed by atoms with Gasteiger partial charge in [-0.05, 0) is 69.9 Å². The second kappa shape index (κ2) is 13.0. The van der Waals surface area contributed by atoms with Gasteiger partial charge in [-0.25, -0.2) is 0 Å². The molecule has 38 heavy (non-hydrogen) atoms. The number of hydrogen-bond donors (Lipinski definition) is 2. The molecule has 0 aromatic carbocycles. The molecule has 1 aromatic heterocycles. The number of carbonyl (C=O) groups is 3. The molecule has 0 unspecified atom stereocenters. The van der Waals surface area contributed by atoms with Crippen molar-refractivity contribution >= 4 is 17.7 Å². The molecule has 2 heterocycles. The molecule has 9 heteroatoms. The Balaban J connectivity index is 1.51. The number of aryl methyl sites for hydroxylation is 1. The number of aromatic nitrogens is 1. The molecule has 1 aliphatic heterocycles. The predicted molar refractivity (Wildman–Crippen MR) is 145 cm³/mol. The van der Waals surface area contributed by atoms with Crippen molar-refractivity contribution in [3.63, 3.8) is 0 Å². The van der Waals surface area contributed by atoms with Gasteiger partial charge in [-0.3, -0.25) is 29.4 Å². The van der Waals surface area contributed by atoms with Crippen LogP contribution in [-0.2, 0) is 33.7 Å². The van der Waals surface area contributed by atoms with E-state index in [9.17, 15) is 19.2 Å². The second-order valence-electron chi connectivity index (χ2n) is 11.7. The zero-order valence-corrected chi connectivity index (χ0v) is 23.1. The zero-order chi connectivity index (χ0) is 27.1. The number of amides is 3. The van der Waals surface area contributed by atoms with Crippen molar-refractivity contribution in [2.75, 3.05) is 32.8 Å². The van der Waals surface area contributed by atoms with Gasteiger partial charge in [-0.15, -0.1) is 0 Å². The van der Waals surface area contributed by atoms with E-state index in [0.717, 1.165) is 62.6 Å². The van der Waals surface area contributed by atoms with Crippen molar-refractivity contribution in [2.45, 2.75) is 96.6 Å². The van der Waals surface area contributed by atoms with Crippen molar-refractivity contribution in [3.8, 4) is 0 Å². The minimum Gasteiger partial charge on any atom is -0.379 e. The normalized spacial score (nSPS) is 19.6. The van der Waals surface area contributed by atoms with Gasteiger partial charge < -0.3 is 14.6 Å². The minimum absolute atomic E-state index is 0.0839. The van der Waals surface area contributed by atoms with Gasteiger partial charge in [0.1, 0.15) is 11.1 Å². The van der Waals surface area contributed by atoms with Crippen molar-refractivity contribution in [1.82, 2.24) is 20.1 Å². The maximum atomic E-state index is 13.7. The number of imide groups is 1. The number of ether oxygens (including phenoxy) is 1. The SMILES string of the molecule is CC(C)(NC(=O)c1cc2c(n(CC3CCCCC3)c1=O)CCCCCC2)C(=O)NC(=O)CN1CCOCC1. The third kappa shape index (κ3) is 7.32. The summed E-state index contributed by atoms with van der Waals surface area (Å²) in [5.74, 6) is -1.14. The molecule has 1 saturated heterocycles. The van der Waals surface area contributed by atoms with Crippen LogP contribution in [-0.4, -0.2) is 65.6 Å². The average molecular weight is 529 g/mol. The summed E-state index contributed by atoms with van der Waals surface area (Å²) in [4.78, 5) is 54.5. The molecule has 210 valence electrons. The molecule has 0 radical (unpaired) electrons. The number of hydrogen-bond acceptors (Lipinski definition) is 6. The standard InChI is InChI=1S/C29H44N4O5/c1-29(2,28(37)30-25(34)20-32-14-16-38-17-15-32)31-26(35)23-18-22-12-8-3-4-9-13-24(22)33(27(23)36)19-21-10-6-5-7-11-21/h18,21H,3-17,19-20H2,1-2H3,(H,31,35)(H,30,34,37). The van der Waals surface area contributed by atoms with E-state index in [1.807, 2.05) is 9.47 Å². The second-order valence-corrected chi connectivity index (χ2v) is 11.7. The molecule has 3 amide bonds. The fraction of sp³-hybridized carbons (Fsp3) is 0.724. The van der Waals surface area contributed by atoms with E-state index >= 15 is 0 Å². The van der Waals surface area contributed by atoms with Crippen LogP contribution in [0.15, 0.2) is 10.9 Å². The molecule has 4 rings (SSSR count). The van der Waals surface area contributed by atoms with Crippen LogP contribution in [0, 0.1) is 5.92 Å². The molecule has 2 N–H and O–H groups in total. The van der Waals surface area contributed by atoms with E-state index in [4.69, 9.17) is 4.74 Å². The smallest absolute Gasteiger partial charge is 0.263 e. The molecule has 0 spiro atoms. The fourth-order valence-corrected chi connectivity index (χ4v) is 5.91. The first-order valence-corrected chi connectivity index (χ1v) is 14.5. The van der Waals surface area contributed by atoms with Crippen LogP contribution in [0.1, 0.15) is 93.3 Å². The molecule has 1 aromatic rings. The molecule has 0 atom stereocenters. The first-order valence-electron chi connectivity index (χ1n) is 14.5. The van der Waals surface area contributed by atoms with Crippen molar-refractivity contribution in [1.29, 1.82) is 0 Å². The Morgan fingerprint density at radius 3 is 2.34 bits per heavy atom. The van der Waals surface area contributed by atoms with E-state index in [2.05, 4.69) is 10.6 Å². The van der Waals surface area contributed by atoms with Crippen molar-refractivity contribution < 1.29 is 19.1 Å². The van der Waals surface area contributed by atoms with Crippen LogP contribution < -0.4 is 16.2 Å². The lowest BCUT2D eigenvalue weighted by molar-refractivity contribution is -0.134. The summed E-state index contributed by atoms with van der Waals surface area (Å²) in [6.45, 7) is 6.23. The lowest BCUT2D eigenvalue weighted by Gasteiger charge is -2.28. The summed E-state index contributed by atoms with van der Waals surface area (Å²) in [6.07, 6.45) is 12.0. The first kappa shape index (κ1) is 28.5. The number of nitrogens with zero attached hydrogens (tertiary/aromatic N) is 2.